The maximum atomic E-state index is 12.6. The number of benzene rings is 2. The van der Waals surface area contributed by atoms with Crippen LogP contribution in [0.25, 0.3) is 0 Å². The molecule has 8 heteroatoms. The Morgan fingerprint density at radius 3 is 2.56 bits per heavy atom. The summed E-state index contributed by atoms with van der Waals surface area (Å²) in [6.45, 7) is 0.893. The van der Waals surface area contributed by atoms with Crippen LogP contribution in [0.15, 0.2) is 36.4 Å². The van der Waals surface area contributed by atoms with E-state index in [2.05, 4.69) is 0 Å². The summed E-state index contributed by atoms with van der Waals surface area (Å²) in [5.74, 6) is -0.0554. The number of ether oxygens (including phenoxy) is 2. The van der Waals surface area contributed by atoms with Crippen molar-refractivity contribution < 1.29 is 24.0 Å². The number of amides is 2. The molecule has 0 saturated heterocycles. The minimum atomic E-state index is -0.665. The third-order valence-corrected chi connectivity index (χ3v) is 4.12. The molecule has 0 fully saturated rings. The molecule has 0 unspecified atom stereocenters. The van der Waals surface area contributed by atoms with Gasteiger partial charge in [0.25, 0.3) is 17.5 Å². The SMILES string of the molecule is O=C1c2cccc([N+](=O)[O-])c2C(=O)N1Cc1ccc2c(c1)OCCO2. The van der Waals surface area contributed by atoms with Gasteiger partial charge in [0.05, 0.1) is 17.0 Å². The summed E-state index contributed by atoms with van der Waals surface area (Å²) in [5, 5.41) is 11.1. The highest BCUT2D eigenvalue weighted by Crippen LogP contribution is 2.34. The fraction of sp³-hybridized carbons (Fsp3) is 0.176. The number of carbonyl (C=O) groups is 2. The number of nitrogens with zero attached hydrogens (tertiary/aromatic N) is 2. The molecule has 2 aliphatic rings. The number of rotatable bonds is 3. The average molecular weight is 340 g/mol. The first-order valence-corrected chi connectivity index (χ1v) is 7.58. The fourth-order valence-electron chi connectivity index (χ4n) is 2.98. The van der Waals surface area contributed by atoms with Crippen molar-refractivity contribution >= 4 is 17.5 Å². The van der Waals surface area contributed by atoms with Gasteiger partial charge in [-0.2, -0.15) is 0 Å². The van der Waals surface area contributed by atoms with Crippen LogP contribution in [-0.2, 0) is 6.54 Å². The number of carbonyl (C=O) groups excluding carboxylic acids is 2. The molecule has 2 aromatic rings. The first kappa shape index (κ1) is 15.1. The van der Waals surface area contributed by atoms with Crippen LogP contribution in [0.1, 0.15) is 26.3 Å². The van der Waals surface area contributed by atoms with E-state index < -0.39 is 16.7 Å². The Balaban J connectivity index is 1.66. The zero-order valence-electron chi connectivity index (χ0n) is 12.9. The molecule has 0 aromatic heterocycles. The zero-order valence-corrected chi connectivity index (χ0v) is 12.9. The maximum absolute atomic E-state index is 12.6. The van der Waals surface area contributed by atoms with E-state index in [0.29, 0.717) is 30.3 Å². The lowest BCUT2D eigenvalue weighted by Gasteiger charge is -2.20. The van der Waals surface area contributed by atoms with E-state index in [9.17, 15) is 19.7 Å². The van der Waals surface area contributed by atoms with E-state index in [-0.39, 0.29) is 23.4 Å². The second-order valence-corrected chi connectivity index (χ2v) is 5.63. The van der Waals surface area contributed by atoms with Gasteiger partial charge in [0.1, 0.15) is 18.8 Å². The van der Waals surface area contributed by atoms with Gasteiger partial charge in [-0.1, -0.05) is 12.1 Å². The number of hydrogen-bond donors (Lipinski definition) is 0. The van der Waals surface area contributed by atoms with Crippen LogP contribution in [0.4, 0.5) is 5.69 Å². The minimum Gasteiger partial charge on any atom is -0.486 e. The summed E-state index contributed by atoms with van der Waals surface area (Å²) in [6.07, 6.45) is 0. The highest BCUT2D eigenvalue weighted by atomic mass is 16.6. The third kappa shape index (κ3) is 2.38. The van der Waals surface area contributed by atoms with E-state index in [1.807, 2.05) is 0 Å². The molecule has 8 nitrogen and oxygen atoms in total. The van der Waals surface area contributed by atoms with Gasteiger partial charge in [0.2, 0.25) is 0 Å². The predicted molar refractivity (Wildman–Crippen MR) is 84.7 cm³/mol. The monoisotopic (exact) mass is 340 g/mol. The average Bonchev–Trinajstić information content (AvgIpc) is 2.86. The van der Waals surface area contributed by atoms with Crippen LogP contribution in [0.5, 0.6) is 11.5 Å². The molecule has 2 heterocycles. The second-order valence-electron chi connectivity index (χ2n) is 5.63. The second kappa shape index (κ2) is 5.59. The van der Waals surface area contributed by atoms with E-state index in [4.69, 9.17) is 9.47 Å². The van der Waals surface area contributed by atoms with E-state index in [0.717, 1.165) is 4.90 Å². The number of hydrogen-bond acceptors (Lipinski definition) is 6. The van der Waals surface area contributed by atoms with Gasteiger partial charge in [-0.25, -0.2) is 0 Å². The van der Waals surface area contributed by atoms with Crippen LogP contribution >= 0.6 is 0 Å². The molecule has 0 spiro atoms. The quantitative estimate of drug-likeness (QED) is 0.482. The first-order chi connectivity index (χ1) is 12.1. The highest BCUT2D eigenvalue weighted by Gasteiger charge is 2.40. The van der Waals surface area contributed by atoms with Crippen LogP contribution < -0.4 is 9.47 Å². The van der Waals surface area contributed by atoms with E-state index in [1.165, 1.54) is 18.2 Å². The molecular formula is C17H12N2O6. The Labute approximate surface area is 141 Å². The van der Waals surface area contributed by atoms with Crippen molar-refractivity contribution in [3.63, 3.8) is 0 Å². The van der Waals surface area contributed by atoms with Crippen LogP contribution in [0.2, 0.25) is 0 Å². The van der Waals surface area contributed by atoms with Gasteiger partial charge in [-0.15, -0.1) is 0 Å². The summed E-state index contributed by atoms with van der Waals surface area (Å²) in [4.78, 5) is 36.6. The van der Waals surface area contributed by atoms with E-state index >= 15 is 0 Å². The molecular weight excluding hydrogens is 328 g/mol. The molecule has 0 aliphatic carbocycles. The Morgan fingerprint density at radius 1 is 1.04 bits per heavy atom. The Bertz CT molecular complexity index is 923. The van der Waals surface area contributed by atoms with Crippen LogP contribution in [0, 0.1) is 10.1 Å². The van der Waals surface area contributed by atoms with Crippen molar-refractivity contribution in [1.82, 2.24) is 4.90 Å². The topological polar surface area (TPSA) is 99.0 Å². The third-order valence-electron chi connectivity index (χ3n) is 4.12. The number of nitro groups is 1. The maximum Gasteiger partial charge on any atom is 0.282 e. The molecule has 0 saturated carbocycles. The van der Waals surface area contributed by atoms with Crippen molar-refractivity contribution in [3.05, 3.63) is 63.2 Å². The van der Waals surface area contributed by atoms with Crippen molar-refractivity contribution in [2.45, 2.75) is 6.54 Å². The lowest BCUT2D eigenvalue weighted by atomic mass is 10.1. The van der Waals surface area contributed by atoms with Gasteiger partial charge < -0.3 is 9.47 Å². The molecule has 2 aromatic carbocycles. The van der Waals surface area contributed by atoms with Gasteiger partial charge in [0, 0.05) is 6.07 Å². The summed E-state index contributed by atoms with van der Waals surface area (Å²) < 4.78 is 10.9. The van der Waals surface area contributed by atoms with Gasteiger partial charge >= 0.3 is 0 Å². The highest BCUT2D eigenvalue weighted by molar-refractivity contribution is 6.23. The van der Waals surface area contributed by atoms with Gasteiger partial charge in [0.15, 0.2) is 11.5 Å². The largest absolute Gasteiger partial charge is 0.486 e. The van der Waals surface area contributed by atoms with Crippen LogP contribution in [-0.4, -0.2) is 34.9 Å². The van der Waals surface area contributed by atoms with Gasteiger partial charge in [-0.05, 0) is 23.8 Å². The standard InChI is InChI=1S/C17H12N2O6/c20-16-11-2-1-3-12(19(22)23)15(11)17(21)18(16)9-10-4-5-13-14(8-10)25-7-6-24-13/h1-5,8H,6-7,9H2. The zero-order chi connectivity index (χ0) is 17.6. The molecule has 0 N–H and O–H groups in total. The molecule has 2 aliphatic heterocycles. The fourth-order valence-corrected chi connectivity index (χ4v) is 2.98. The molecule has 4 rings (SSSR count). The molecule has 0 radical (unpaired) electrons. The minimum absolute atomic E-state index is 0.000140. The Hall–Kier alpha value is -3.42. The summed E-state index contributed by atoms with van der Waals surface area (Å²) >= 11 is 0. The molecule has 2 amide bonds. The van der Waals surface area contributed by atoms with Crippen molar-refractivity contribution in [1.29, 1.82) is 0 Å². The number of fused-ring (bicyclic) bond motifs is 2. The smallest absolute Gasteiger partial charge is 0.282 e. The molecule has 0 bridgehead atoms. The molecule has 25 heavy (non-hydrogen) atoms. The Kier molecular flexibility index (Phi) is 3.38. The van der Waals surface area contributed by atoms with E-state index in [1.54, 1.807) is 18.2 Å². The number of nitro benzene ring substituents is 1. The van der Waals surface area contributed by atoms with Crippen molar-refractivity contribution in [3.8, 4) is 11.5 Å². The van der Waals surface area contributed by atoms with Crippen LogP contribution in [0.3, 0.4) is 0 Å². The van der Waals surface area contributed by atoms with Gasteiger partial charge in [-0.3, -0.25) is 24.6 Å². The van der Waals surface area contributed by atoms with Crippen molar-refractivity contribution in [2.24, 2.45) is 0 Å². The lowest BCUT2D eigenvalue weighted by molar-refractivity contribution is -0.385. The summed E-state index contributed by atoms with van der Waals surface area (Å²) in [5.41, 5.74) is 0.203. The summed E-state index contributed by atoms with van der Waals surface area (Å²) in [7, 11) is 0. The molecule has 0 atom stereocenters. The Morgan fingerprint density at radius 2 is 1.80 bits per heavy atom. The lowest BCUT2D eigenvalue weighted by Crippen LogP contribution is -2.29. The summed E-state index contributed by atoms with van der Waals surface area (Å²) in [6, 6.07) is 9.18. The molecule has 126 valence electrons. The first-order valence-electron chi connectivity index (χ1n) is 7.58. The predicted octanol–water partition coefficient (Wildman–Crippen LogP) is 2.16. The number of imide groups is 1. The normalized spacial score (nSPS) is 15.3. The van der Waals surface area contributed by atoms with Crippen molar-refractivity contribution in [2.75, 3.05) is 13.2 Å².